The summed E-state index contributed by atoms with van der Waals surface area (Å²) >= 11 is 1.46. The molecule has 3 rings (SSSR count). The maximum Gasteiger partial charge on any atom is 0.323 e. The van der Waals surface area contributed by atoms with Crippen LogP contribution in [0.25, 0.3) is 0 Å². The van der Waals surface area contributed by atoms with Gasteiger partial charge in [-0.3, -0.25) is 10.1 Å². The van der Waals surface area contributed by atoms with Crippen molar-refractivity contribution < 1.29 is 14.8 Å². The van der Waals surface area contributed by atoms with Crippen molar-refractivity contribution >= 4 is 28.2 Å². The monoisotopic (exact) mass is 357 g/mol. The van der Waals surface area contributed by atoms with Gasteiger partial charge in [-0.15, -0.1) is 11.3 Å². The number of aryl methyl sites for hydroxylation is 1. The molecular weight excluding hydrogens is 342 g/mol. The topological polar surface area (TPSA) is 109 Å². The molecule has 0 atom stereocenters. The number of hydrogen-bond donors (Lipinski definition) is 1. The Labute approximate surface area is 148 Å². The molecule has 0 radical (unpaired) electrons. The van der Waals surface area contributed by atoms with Gasteiger partial charge in [0.05, 0.1) is 23.2 Å². The van der Waals surface area contributed by atoms with Crippen molar-refractivity contribution in [3.63, 3.8) is 0 Å². The van der Waals surface area contributed by atoms with E-state index in [2.05, 4.69) is 11.1 Å². The Morgan fingerprint density at radius 2 is 2.20 bits per heavy atom. The molecule has 0 saturated heterocycles. The van der Waals surface area contributed by atoms with Crippen molar-refractivity contribution in [2.45, 2.75) is 25.7 Å². The zero-order chi connectivity index (χ0) is 18.0. The van der Waals surface area contributed by atoms with Crippen LogP contribution in [0, 0.1) is 21.4 Å². The van der Waals surface area contributed by atoms with Crippen LogP contribution in [0.2, 0.25) is 0 Å². The number of aromatic hydroxyl groups is 1. The number of nitriles is 1. The number of thiophene rings is 1. The third-order valence-electron chi connectivity index (χ3n) is 4.11. The number of rotatable bonds is 4. The highest BCUT2D eigenvalue weighted by Gasteiger charge is 2.24. The number of phenols is 1. The van der Waals surface area contributed by atoms with Crippen LogP contribution in [0.15, 0.2) is 17.1 Å². The van der Waals surface area contributed by atoms with Crippen molar-refractivity contribution in [3.05, 3.63) is 43.8 Å². The molecule has 1 aromatic carbocycles. The molecule has 2 aromatic rings. The van der Waals surface area contributed by atoms with Crippen molar-refractivity contribution in [3.8, 4) is 17.6 Å². The second kappa shape index (κ2) is 6.91. The Kier molecular flexibility index (Phi) is 4.67. The number of aliphatic imine (C=N–C) groups is 1. The first-order valence-corrected chi connectivity index (χ1v) is 8.51. The fourth-order valence-electron chi connectivity index (χ4n) is 2.96. The molecule has 1 aromatic heterocycles. The van der Waals surface area contributed by atoms with Gasteiger partial charge in [0.25, 0.3) is 0 Å². The first-order chi connectivity index (χ1) is 12.1. The number of fused-ring (bicyclic) bond motifs is 1. The molecule has 128 valence electrons. The van der Waals surface area contributed by atoms with Crippen LogP contribution in [0.5, 0.6) is 11.5 Å². The van der Waals surface area contributed by atoms with E-state index in [1.165, 1.54) is 41.7 Å². The van der Waals surface area contributed by atoms with E-state index < -0.39 is 4.92 Å². The van der Waals surface area contributed by atoms with Crippen LogP contribution in [0.4, 0.5) is 10.7 Å². The van der Waals surface area contributed by atoms with Crippen LogP contribution in [0.1, 0.15) is 34.4 Å². The number of nitro groups is 1. The Balaban J connectivity index is 2.05. The second-order valence-corrected chi connectivity index (χ2v) is 6.66. The van der Waals surface area contributed by atoms with E-state index in [-0.39, 0.29) is 22.7 Å². The van der Waals surface area contributed by atoms with E-state index in [9.17, 15) is 20.5 Å². The van der Waals surface area contributed by atoms with Gasteiger partial charge in [0, 0.05) is 11.1 Å². The summed E-state index contributed by atoms with van der Waals surface area (Å²) in [7, 11) is 1.25. The molecule has 0 saturated carbocycles. The van der Waals surface area contributed by atoms with E-state index in [4.69, 9.17) is 4.74 Å². The minimum absolute atomic E-state index is 0.204. The van der Waals surface area contributed by atoms with Crippen LogP contribution in [-0.4, -0.2) is 23.4 Å². The summed E-state index contributed by atoms with van der Waals surface area (Å²) in [6.45, 7) is 0. The van der Waals surface area contributed by atoms with Crippen LogP contribution >= 0.6 is 11.3 Å². The Morgan fingerprint density at radius 3 is 2.88 bits per heavy atom. The largest absolute Gasteiger partial charge is 0.504 e. The molecule has 0 amide bonds. The van der Waals surface area contributed by atoms with Gasteiger partial charge in [0.15, 0.2) is 5.75 Å². The predicted molar refractivity (Wildman–Crippen MR) is 94.2 cm³/mol. The number of nitrogens with zero attached hydrogens (tertiary/aromatic N) is 3. The van der Waals surface area contributed by atoms with Gasteiger partial charge in [-0.25, -0.2) is 4.99 Å². The van der Waals surface area contributed by atoms with Gasteiger partial charge in [0.1, 0.15) is 11.1 Å². The van der Waals surface area contributed by atoms with Crippen LogP contribution < -0.4 is 4.74 Å². The van der Waals surface area contributed by atoms with Gasteiger partial charge in [-0.1, -0.05) is 0 Å². The summed E-state index contributed by atoms with van der Waals surface area (Å²) < 4.78 is 4.94. The lowest BCUT2D eigenvalue weighted by atomic mass is 9.96. The Bertz CT molecular complexity index is 912. The van der Waals surface area contributed by atoms with Crippen molar-refractivity contribution in [1.29, 1.82) is 5.26 Å². The third-order valence-corrected chi connectivity index (χ3v) is 5.31. The lowest BCUT2D eigenvalue weighted by Crippen LogP contribution is -1.99. The van der Waals surface area contributed by atoms with Gasteiger partial charge < -0.3 is 9.84 Å². The fraction of sp³-hybridized carbons (Fsp3) is 0.294. The Morgan fingerprint density at radius 1 is 1.44 bits per heavy atom. The van der Waals surface area contributed by atoms with Crippen LogP contribution in [-0.2, 0) is 12.8 Å². The average Bonchev–Trinajstić information content (AvgIpc) is 2.97. The molecule has 0 fully saturated rings. The minimum atomic E-state index is -0.620. The van der Waals surface area contributed by atoms with Gasteiger partial charge in [0.2, 0.25) is 5.75 Å². The molecule has 1 aliphatic carbocycles. The molecule has 7 nitrogen and oxygen atoms in total. The quantitative estimate of drug-likeness (QED) is 0.507. The Hall–Kier alpha value is -2.92. The van der Waals surface area contributed by atoms with Crippen molar-refractivity contribution in [1.82, 2.24) is 0 Å². The van der Waals surface area contributed by atoms with E-state index in [0.717, 1.165) is 31.2 Å². The summed E-state index contributed by atoms with van der Waals surface area (Å²) in [6.07, 6.45) is 5.32. The molecule has 25 heavy (non-hydrogen) atoms. The molecular formula is C17H15N3O4S. The summed E-state index contributed by atoms with van der Waals surface area (Å²) in [5, 5.41) is 31.1. The number of phenolic OH excluding ortho intramolecular Hbond substituents is 1. The summed E-state index contributed by atoms with van der Waals surface area (Å²) in [4.78, 5) is 16.2. The number of nitro benzene ring substituents is 1. The SMILES string of the molecule is COc1c(O)ccc(/C=N/c2sc3c(c2C#N)CCCC3)c1[N+](=O)[O-]. The molecule has 1 N–H and O–H groups in total. The third kappa shape index (κ3) is 3.06. The average molecular weight is 357 g/mol. The molecule has 1 aliphatic rings. The number of hydrogen-bond acceptors (Lipinski definition) is 7. The summed E-state index contributed by atoms with van der Waals surface area (Å²) in [5.41, 5.74) is 1.47. The molecule has 0 bridgehead atoms. The molecule has 0 aliphatic heterocycles. The van der Waals surface area contributed by atoms with E-state index in [0.29, 0.717) is 10.6 Å². The fourth-order valence-corrected chi connectivity index (χ4v) is 4.14. The van der Waals surface area contributed by atoms with E-state index in [1.807, 2.05) is 0 Å². The maximum absolute atomic E-state index is 11.4. The van der Waals surface area contributed by atoms with Crippen molar-refractivity contribution in [2.24, 2.45) is 4.99 Å². The van der Waals surface area contributed by atoms with Gasteiger partial charge >= 0.3 is 5.69 Å². The first kappa shape index (κ1) is 16.9. The van der Waals surface area contributed by atoms with Gasteiger partial charge in [-0.05, 0) is 43.4 Å². The van der Waals surface area contributed by atoms with Crippen molar-refractivity contribution in [2.75, 3.05) is 7.11 Å². The molecule has 0 spiro atoms. The maximum atomic E-state index is 11.4. The van der Waals surface area contributed by atoms with E-state index >= 15 is 0 Å². The van der Waals surface area contributed by atoms with E-state index in [1.54, 1.807) is 0 Å². The normalized spacial score (nSPS) is 13.4. The lowest BCUT2D eigenvalue weighted by molar-refractivity contribution is -0.385. The number of ether oxygens (including phenoxy) is 1. The molecule has 0 unspecified atom stereocenters. The highest BCUT2D eigenvalue weighted by atomic mass is 32.1. The summed E-state index contributed by atoms with van der Waals surface area (Å²) in [6, 6.07) is 4.93. The highest BCUT2D eigenvalue weighted by molar-refractivity contribution is 7.16. The lowest BCUT2D eigenvalue weighted by Gasteiger charge is -2.09. The second-order valence-electron chi connectivity index (χ2n) is 5.57. The number of methoxy groups -OCH3 is 1. The number of benzene rings is 1. The van der Waals surface area contributed by atoms with Gasteiger partial charge in [-0.2, -0.15) is 5.26 Å². The first-order valence-electron chi connectivity index (χ1n) is 7.69. The smallest absolute Gasteiger partial charge is 0.323 e. The minimum Gasteiger partial charge on any atom is -0.504 e. The molecule has 8 heteroatoms. The molecule has 1 heterocycles. The highest BCUT2D eigenvalue weighted by Crippen LogP contribution is 2.41. The predicted octanol–water partition coefficient (Wildman–Crippen LogP) is 3.87. The zero-order valence-corrected chi connectivity index (χ0v) is 14.3. The standard InChI is InChI=1S/C17H15N3O4S/c1-24-16-13(21)7-6-10(15(16)20(22)23)9-19-17-12(8-18)11-4-2-3-5-14(11)25-17/h6-7,9,21H,2-5H2,1H3/b19-9+. The van der Waals surface area contributed by atoms with Crippen LogP contribution in [0.3, 0.4) is 0 Å². The zero-order valence-electron chi connectivity index (χ0n) is 13.5. The summed E-state index contributed by atoms with van der Waals surface area (Å²) in [5.74, 6) is -0.518.